The quantitative estimate of drug-likeness (QED) is 0.740. The number of aldehydes is 1. The molecule has 1 rings (SSSR count). The Bertz CT molecular complexity index is 623. The van der Waals surface area contributed by atoms with Crippen LogP contribution >= 0.6 is 0 Å². The number of phenols is 1. The lowest BCUT2D eigenvalue weighted by molar-refractivity contribution is -0.122. The van der Waals surface area contributed by atoms with Crippen molar-refractivity contribution in [3.8, 4) is 5.75 Å². The number of aromatic hydroxyl groups is 1. The van der Waals surface area contributed by atoms with E-state index in [0.29, 0.717) is 12.7 Å². The molecule has 0 saturated heterocycles. The maximum absolute atomic E-state index is 12.5. The van der Waals surface area contributed by atoms with Gasteiger partial charge in [-0.15, -0.1) is 0 Å². The van der Waals surface area contributed by atoms with Crippen LogP contribution in [0.5, 0.6) is 5.75 Å². The summed E-state index contributed by atoms with van der Waals surface area (Å²) in [5, 5.41) is 9.38. The molecule has 0 heterocycles. The second kappa shape index (κ2) is 8.22. The van der Waals surface area contributed by atoms with Crippen LogP contribution in [0.3, 0.4) is 0 Å². The topological polar surface area (TPSA) is 91.8 Å². The summed E-state index contributed by atoms with van der Waals surface area (Å²) in [5.41, 5.74) is 0.155. The highest BCUT2D eigenvalue weighted by atomic mass is 16.3. The number of hydrogen-bond donors (Lipinski definition) is 1. The van der Waals surface area contributed by atoms with Gasteiger partial charge >= 0.3 is 0 Å². The molecule has 6 heteroatoms. The van der Waals surface area contributed by atoms with E-state index >= 15 is 0 Å². The van der Waals surface area contributed by atoms with Crippen molar-refractivity contribution in [3.63, 3.8) is 0 Å². The van der Waals surface area contributed by atoms with E-state index in [1.54, 1.807) is 6.92 Å². The Morgan fingerprint density at radius 1 is 1.30 bits per heavy atom. The number of hydrogen-bond acceptors (Lipinski definition) is 5. The minimum Gasteiger partial charge on any atom is -0.508 e. The average molecular weight is 319 g/mol. The fraction of sp³-hybridized carbons (Fsp3) is 0.412. The number of amides is 1. The van der Waals surface area contributed by atoms with Gasteiger partial charge in [0.05, 0.1) is 11.6 Å². The maximum Gasteiger partial charge on any atom is 0.254 e. The monoisotopic (exact) mass is 319 g/mol. The fourth-order valence-corrected chi connectivity index (χ4v) is 2.32. The first kappa shape index (κ1) is 18.5. The van der Waals surface area contributed by atoms with Crippen LogP contribution in [0.1, 0.15) is 53.8 Å². The minimum atomic E-state index is -0.730. The Hall–Kier alpha value is -2.50. The van der Waals surface area contributed by atoms with Crippen molar-refractivity contribution in [1.82, 2.24) is 4.90 Å². The summed E-state index contributed by atoms with van der Waals surface area (Å²) in [6.45, 7) is 3.11. The second-order valence-corrected chi connectivity index (χ2v) is 5.36. The Labute approximate surface area is 135 Å². The number of phenolic OH excluding ortho intramolecular Hbond substituents is 1. The van der Waals surface area contributed by atoms with Gasteiger partial charge in [-0.3, -0.25) is 19.2 Å². The molecule has 23 heavy (non-hydrogen) atoms. The predicted molar refractivity (Wildman–Crippen MR) is 84.6 cm³/mol. The first-order valence-electron chi connectivity index (χ1n) is 7.39. The molecule has 0 fully saturated rings. The predicted octanol–water partition coefficient (Wildman–Crippen LogP) is 1.99. The zero-order valence-corrected chi connectivity index (χ0v) is 13.5. The summed E-state index contributed by atoms with van der Waals surface area (Å²) in [6.07, 6.45) is 1.33. The van der Waals surface area contributed by atoms with Crippen molar-refractivity contribution in [2.75, 3.05) is 7.05 Å². The molecule has 1 N–H and O–H groups in total. The number of benzene rings is 1. The van der Waals surface area contributed by atoms with Gasteiger partial charge in [-0.25, -0.2) is 0 Å². The second-order valence-electron chi connectivity index (χ2n) is 5.36. The molecule has 1 amide bonds. The van der Waals surface area contributed by atoms with Gasteiger partial charge in [0, 0.05) is 25.5 Å². The molecule has 1 atom stereocenters. The first-order chi connectivity index (χ1) is 10.8. The third-order valence-electron chi connectivity index (χ3n) is 3.74. The summed E-state index contributed by atoms with van der Waals surface area (Å²) in [6, 6.07) is 3.10. The molecule has 1 aromatic carbocycles. The summed E-state index contributed by atoms with van der Waals surface area (Å²) >= 11 is 0. The molecule has 0 aromatic heterocycles. The molecular weight excluding hydrogens is 298 g/mol. The van der Waals surface area contributed by atoms with Crippen LogP contribution in [-0.2, 0) is 9.59 Å². The van der Waals surface area contributed by atoms with Gasteiger partial charge in [0.15, 0.2) is 12.1 Å². The lowest BCUT2D eigenvalue weighted by Crippen LogP contribution is -2.42. The standard InChI is InChI=1S/C17H21NO5/c1-4-13(21)6-8-16(11(2)20)18(3)17(23)15-7-5-14(22)9-12(15)10-19/h5,7,9-10,16,22H,4,6,8H2,1-3H3. The van der Waals surface area contributed by atoms with Gasteiger partial charge in [0.2, 0.25) is 0 Å². The van der Waals surface area contributed by atoms with Crippen molar-refractivity contribution in [1.29, 1.82) is 0 Å². The lowest BCUT2D eigenvalue weighted by Gasteiger charge is -2.26. The van der Waals surface area contributed by atoms with E-state index < -0.39 is 11.9 Å². The number of carbonyl (C=O) groups is 4. The van der Waals surface area contributed by atoms with Crippen LogP contribution in [-0.4, -0.2) is 46.9 Å². The Balaban J connectivity index is 3.01. The highest BCUT2D eigenvalue weighted by molar-refractivity contribution is 6.03. The van der Waals surface area contributed by atoms with E-state index in [1.807, 2.05) is 0 Å². The van der Waals surface area contributed by atoms with Gasteiger partial charge < -0.3 is 10.0 Å². The number of rotatable bonds is 8. The lowest BCUT2D eigenvalue weighted by atomic mass is 10.0. The highest BCUT2D eigenvalue weighted by Gasteiger charge is 2.26. The largest absolute Gasteiger partial charge is 0.508 e. The zero-order chi connectivity index (χ0) is 17.6. The van der Waals surface area contributed by atoms with Crippen LogP contribution < -0.4 is 0 Å². The summed E-state index contributed by atoms with van der Waals surface area (Å²) in [5.74, 6) is -0.828. The van der Waals surface area contributed by atoms with E-state index in [9.17, 15) is 24.3 Å². The van der Waals surface area contributed by atoms with Crippen LogP contribution in [0.15, 0.2) is 18.2 Å². The highest BCUT2D eigenvalue weighted by Crippen LogP contribution is 2.19. The zero-order valence-electron chi connectivity index (χ0n) is 13.5. The third kappa shape index (κ3) is 4.74. The molecule has 0 saturated carbocycles. The molecule has 124 valence electrons. The Kier molecular flexibility index (Phi) is 6.63. The molecule has 6 nitrogen and oxygen atoms in total. The molecule has 1 unspecified atom stereocenters. The molecule has 0 spiro atoms. The molecule has 0 aliphatic heterocycles. The Morgan fingerprint density at radius 2 is 1.96 bits per heavy atom. The Morgan fingerprint density at radius 3 is 2.48 bits per heavy atom. The molecule has 0 radical (unpaired) electrons. The van der Waals surface area contributed by atoms with Gasteiger partial charge in [-0.1, -0.05) is 6.92 Å². The first-order valence-corrected chi connectivity index (χ1v) is 7.39. The molecular formula is C17H21NO5. The van der Waals surface area contributed by atoms with Crippen LogP contribution in [0.4, 0.5) is 0 Å². The van der Waals surface area contributed by atoms with Crippen LogP contribution in [0.25, 0.3) is 0 Å². The van der Waals surface area contributed by atoms with E-state index in [1.165, 1.54) is 37.1 Å². The maximum atomic E-state index is 12.5. The van der Waals surface area contributed by atoms with E-state index in [4.69, 9.17) is 0 Å². The fourth-order valence-electron chi connectivity index (χ4n) is 2.32. The number of Topliss-reactive ketones (excluding diaryl/α,β-unsaturated/α-hetero) is 2. The van der Waals surface area contributed by atoms with Crippen molar-refractivity contribution >= 4 is 23.8 Å². The van der Waals surface area contributed by atoms with Gasteiger partial charge in [-0.2, -0.15) is 0 Å². The van der Waals surface area contributed by atoms with Gasteiger partial charge in [-0.05, 0) is 31.5 Å². The van der Waals surface area contributed by atoms with Crippen molar-refractivity contribution < 1.29 is 24.3 Å². The SMILES string of the molecule is CCC(=O)CCC(C(C)=O)N(C)C(=O)c1ccc(O)cc1C=O. The minimum absolute atomic E-state index is 0.0234. The molecule has 0 aliphatic rings. The van der Waals surface area contributed by atoms with Gasteiger partial charge in [0.25, 0.3) is 5.91 Å². The summed E-state index contributed by atoms with van der Waals surface area (Å²) in [4.78, 5) is 48.1. The van der Waals surface area contributed by atoms with Crippen molar-refractivity contribution in [2.24, 2.45) is 0 Å². The summed E-state index contributed by atoms with van der Waals surface area (Å²) < 4.78 is 0. The summed E-state index contributed by atoms with van der Waals surface area (Å²) in [7, 11) is 1.46. The number of carbonyl (C=O) groups excluding carboxylic acids is 4. The number of nitrogens with zero attached hydrogens (tertiary/aromatic N) is 1. The van der Waals surface area contributed by atoms with Crippen molar-refractivity contribution in [3.05, 3.63) is 29.3 Å². The van der Waals surface area contributed by atoms with Crippen molar-refractivity contribution in [2.45, 2.75) is 39.2 Å². The molecule has 0 aliphatic carbocycles. The third-order valence-corrected chi connectivity index (χ3v) is 3.74. The smallest absolute Gasteiger partial charge is 0.254 e. The number of likely N-dealkylation sites (N-methyl/N-ethyl adjacent to an activating group) is 1. The normalized spacial score (nSPS) is 11.6. The van der Waals surface area contributed by atoms with Crippen LogP contribution in [0, 0.1) is 0 Å². The number of ketones is 2. The van der Waals surface area contributed by atoms with E-state index in [0.717, 1.165) is 0 Å². The molecule has 0 bridgehead atoms. The van der Waals surface area contributed by atoms with Crippen LogP contribution in [0.2, 0.25) is 0 Å². The average Bonchev–Trinajstić information content (AvgIpc) is 2.53. The van der Waals surface area contributed by atoms with E-state index in [2.05, 4.69) is 0 Å². The molecule has 1 aromatic rings. The van der Waals surface area contributed by atoms with Gasteiger partial charge in [0.1, 0.15) is 11.5 Å². The van der Waals surface area contributed by atoms with E-state index in [-0.39, 0.29) is 41.3 Å².